The fourth-order valence-corrected chi connectivity index (χ4v) is 2.83. The number of aryl methyl sites for hydroxylation is 1. The van der Waals surface area contributed by atoms with Crippen LogP contribution >= 0.6 is 15.9 Å². The Bertz CT molecular complexity index is 523. The SMILES string of the molecule is Cc1cc(NC(=O)C(=O)NC2CCCCCC2)ccc1Br. The van der Waals surface area contributed by atoms with E-state index in [1.807, 2.05) is 19.1 Å². The van der Waals surface area contributed by atoms with Crippen LogP contribution in [0.2, 0.25) is 0 Å². The average Bonchev–Trinajstić information content (AvgIpc) is 2.71. The van der Waals surface area contributed by atoms with Gasteiger partial charge in [-0.2, -0.15) is 0 Å². The lowest BCUT2D eigenvalue weighted by Crippen LogP contribution is -2.41. The molecular formula is C16H21BrN2O2. The Morgan fingerprint density at radius 3 is 2.38 bits per heavy atom. The molecule has 0 aromatic heterocycles. The monoisotopic (exact) mass is 352 g/mol. The van der Waals surface area contributed by atoms with E-state index in [0.717, 1.165) is 35.7 Å². The Balaban J connectivity index is 1.89. The van der Waals surface area contributed by atoms with Gasteiger partial charge in [-0.15, -0.1) is 0 Å². The lowest BCUT2D eigenvalue weighted by molar-refractivity contribution is -0.136. The molecule has 0 bridgehead atoms. The van der Waals surface area contributed by atoms with Crippen LogP contribution in [0.1, 0.15) is 44.1 Å². The van der Waals surface area contributed by atoms with Gasteiger partial charge >= 0.3 is 11.8 Å². The molecule has 2 amide bonds. The predicted molar refractivity (Wildman–Crippen MR) is 87.1 cm³/mol. The summed E-state index contributed by atoms with van der Waals surface area (Å²) in [5.74, 6) is -1.14. The van der Waals surface area contributed by atoms with Gasteiger partial charge in [0.25, 0.3) is 0 Å². The van der Waals surface area contributed by atoms with Crippen LogP contribution in [-0.4, -0.2) is 17.9 Å². The standard InChI is InChI=1S/C16H21BrN2O2/c1-11-10-13(8-9-14(11)17)19-16(21)15(20)18-12-6-4-2-3-5-7-12/h8-10,12H,2-7H2,1H3,(H,18,20)(H,19,21). The molecule has 0 spiro atoms. The highest BCUT2D eigenvalue weighted by Crippen LogP contribution is 2.20. The summed E-state index contributed by atoms with van der Waals surface area (Å²) in [6.45, 7) is 1.94. The highest BCUT2D eigenvalue weighted by Gasteiger charge is 2.19. The summed E-state index contributed by atoms with van der Waals surface area (Å²) < 4.78 is 0.975. The zero-order chi connectivity index (χ0) is 15.2. The normalized spacial score (nSPS) is 16.1. The number of nitrogens with one attached hydrogen (secondary N) is 2. The molecule has 0 heterocycles. The molecule has 2 rings (SSSR count). The van der Waals surface area contributed by atoms with Gasteiger partial charge in [0, 0.05) is 16.2 Å². The van der Waals surface area contributed by atoms with Crippen LogP contribution in [-0.2, 0) is 9.59 Å². The third-order valence-electron chi connectivity index (χ3n) is 3.81. The molecule has 21 heavy (non-hydrogen) atoms. The van der Waals surface area contributed by atoms with Crippen molar-refractivity contribution in [1.29, 1.82) is 0 Å². The number of hydrogen-bond acceptors (Lipinski definition) is 2. The molecule has 1 aliphatic carbocycles. The number of carbonyl (C=O) groups is 2. The molecule has 0 saturated heterocycles. The lowest BCUT2D eigenvalue weighted by atomic mass is 10.1. The van der Waals surface area contributed by atoms with Crippen molar-refractivity contribution in [3.63, 3.8) is 0 Å². The van der Waals surface area contributed by atoms with Gasteiger partial charge in [0.2, 0.25) is 0 Å². The minimum Gasteiger partial charge on any atom is -0.345 e. The maximum absolute atomic E-state index is 11.9. The van der Waals surface area contributed by atoms with Gasteiger partial charge in [-0.3, -0.25) is 9.59 Å². The highest BCUT2D eigenvalue weighted by atomic mass is 79.9. The van der Waals surface area contributed by atoms with Gasteiger partial charge in [0.15, 0.2) is 0 Å². The van der Waals surface area contributed by atoms with Crippen molar-refractivity contribution < 1.29 is 9.59 Å². The predicted octanol–water partition coefficient (Wildman–Crippen LogP) is 3.54. The van der Waals surface area contributed by atoms with Crippen molar-refractivity contribution in [2.45, 2.75) is 51.5 Å². The molecule has 2 N–H and O–H groups in total. The third kappa shape index (κ3) is 4.84. The second-order valence-corrected chi connectivity index (χ2v) is 6.43. The summed E-state index contributed by atoms with van der Waals surface area (Å²) in [6, 6.07) is 5.60. The number of rotatable bonds is 2. The molecule has 0 unspecified atom stereocenters. The molecule has 1 fully saturated rings. The number of halogens is 1. The minimum atomic E-state index is -0.596. The Morgan fingerprint density at radius 2 is 1.76 bits per heavy atom. The van der Waals surface area contributed by atoms with Gasteiger partial charge in [0.05, 0.1) is 0 Å². The van der Waals surface area contributed by atoms with Gasteiger partial charge < -0.3 is 10.6 Å². The lowest BCUT2D eigenvalue weighted by Gasteiger charge is -2.15. The molecular weight excluding hydrogens is 332 g/mol. The number of anilines is 1. The van der Waals surface area contributed by atoms with Crippen molar-refractivity contribution in [3.8, 4) is 0 Å². The highest BCUT2D eigenvalue weighted by molar-refractivity contribution is 9.10. The van der Waals surface area contributed by atoms with E-state index in [1.54, 1.807) is 6.07 Å². The van der Waals surface area contributed by atoms with E-state index in [9.17, 15) is 9.59 Å². The van der Waals surface area contributed by atoms with Crippen LogP contribution in [0.4, 0.5) is 5.69 Å². The molecule has 1 aromatic carbocycles. The number of carbonyl (C=O) groups excluding carboxylic acids is 2. The molecule has 4 nitrogen and oxygen atoms in total. The maximum Gasteiger partial charge on any atom is 0.313 e. The van der Waals surface area contributed by atoms with Crippen molar-refractivity contribution in [2.24, 2.45) is 0 Å². The first-order valence-corrected chi connectivity index (χ1v) is 8.23. The fraction of sp³-hybridized carbons (Fsp3) is 0.500. The van der Waals surface area contributed by atoms with Crippen molar-refractivity contribution in [1.82, 2.24) is 5.32 Å². The minimum absolute atomic E-state index is 0.136. The maximum atomic E-state index is 11.9. The van der Waals surface area contributed by atoms with Crippen molar-refractivity contribution in [3.05, 3.63) is 28.2 Å². The average molecular weight is 353 g/mol. The molecule has 114 valence electrons. The second kappa shape index (κ2) is 7.59. The Morgan fingerprint density at radius 1 is 1.10 bits per heavy atom. The molecule has 0 aliphatic heterocycles. The van der Waals surface area contributed by atoms with Crippen LogP contribution in [0.5, 0.6) is 0 Å². The van der Waals surface area contributed by atoms with Crippen molar-refractivity contribution in [2.75, 3.05) is 5.32 Å². The van der Waals surface area contributed by atoms with Crippen molar-refractivity contribution >= 4 is 33.4 Å². The smallest absolute Gasteiger partial charge is 0.313 e. The van der Waals surface area contributed by atoms with Gasteiger partial charge in [-0.1, -0.05) is 41.6 Å². The van der Waals surface area contributed by atoms with E-state index in [4.69, 9.17) is 0 Å². The van der Waals surface area contributed by atoms with E-state index in [1.165, 1.54) is 12.8 Å². The van der Waals surface area contributed by atoms with Crippen LogP contribution in [0.15, 0.2) is 22.7 Å². The molecule has 1 aromatic rings. The van der Waals surface area contributed by atoms with Crippen LogP contribution in [0, 0.1) is 6.92 Å². The third-order valence-corrected chi connectivity index (χ3v) is 4.70. The van der Waals surface area contributed by atoms with E-state index < -0.39 is 11.8 Å². The first-order chi connectivity index (χ1) is 10.1. The Hall–Kier alpha value is -1.36. The first kappa shape index (κ1) is 16.0. The number of benzene rings is 1. The van der Waals surface area contributed by atoms with Gasteiger partial charge in [-0.25, -0.2) is 0 Å². The molecule has 1 saturated carbocycles. The Labute approximate surface area is 133 Å². The second-order valence-electron chi connectivity index (χ2n) is 5.58. The zero-order valence-corrected chi connectivity index (χ0v) is 13.8. The molecule has 0 radical (unpaired) electrons. The zero-order valence-electron chi connectivity index (χ0n) is 12.2. The topological polar surface area (TPSA) is 58.2 Å². The van der Waals surface area contributed by atoms with E-state index in [-0.39, 0.29) is 6.04 Å². The van der Waals surface area contributed by atoms with Gasteiger partial charge in [-0.05, 0) is 43.5 Å². The summed E-state index contributed by atoms with van der Waals surface area (Å²) in [4.78, 5) is 23.9. The van der Waals surface area contributed by atoms with Gasteiger partial charge in [0.1, 0.15) is 0 Å². The van der Waals surface area contributed by atoms with Crippen LogP contribution in [0.25, 0.3) is 0 Å². The summed E-state index contributed by atoms with van der Waals surface area (Å²) in [5.41, 5.74) is 1.65. The summed E-state index contributed by atoms with van der Waals surface area (Å²) in [7, 11) is 0. The Kier molecular flexibility index (Phi) is 5.79. The van der Waals surface area contributed by atoms with E-state index in [0.29, 0.717) is 5.69 Å². The largest absolute Gasteiger partial charge is 0.345 e. The summed E-state index contributed by atoms with van der Waals surface area (Å²) in [6.07, 6.45) is 6.62. The van der Waals surface area contributed by atoms with E-state index in [2.05, 4.69) is 26.6 Å². The molecule has 5 heteroatoms. The van der Waals surface area contributed by atoms with Crippen LogP contribution in [0.3, 0.4) is 0 Å². The molecule has 0 atom stereocenters. The number of hydrogen-bond donors (Lipinski definition) is 2. The van der Waals surface area contributed by atoms with Crippen LogP contribution < -0.4 is 10.6 Å². The number of amides is 2. The molecule has 1 aliphatic rings. The quantitative estimate of drug-likeness (QED) is 0.631. The fourth-order valence-electron chi connectivity index (χ4n) is 2.58. The summed E-state index contributed by atoms with van der Waals surface area (Å²) in [5, 5.41) is 5.49. The summed E-state index contributed by atoms with van der Waals surface area (Å²) >= 11 is 3.41. The van der Waals surface area contributed by atoms with E-state index >= 15 is 0 Å². The first-order valence-electron chi connectivity index (χ1n) is 7.44.